The Hall–Kier alpha value is -1.71. The van der Waals surface area contributed by atoms with Crippen molar-refractivity contribution >= 4 is 27.0 Å². The summed E-state index contributed by atoms with van der Waals surface area (Å²) in [6.45, 7) is 3.69. The van der Waals surface area contributed by atoms with Gasteiger partial charge in [-0.05, 0) is 23.9 Å². The summed E-state index contributed by atoms with van der Waals surface area (Å²) >= 11 is 1.25. The minimum Gasteiger partial charge on any atom is -0.367 e. The van der Waals surface area contributed by atoms with Crippen LogP contribution in [-0.4, -0.2) is 48.7 Å². The molecule has 0 saturated carbocycles. The fourth-order valence-corrected chi connectivity index (χ4v) is 5.53. The molecule has 3 rings (SSSR count). The zero-order valence-corrected chi connectivity index (χ0v) is 14.6. The first-order valence-electron chi connectivity index (χ1n) is 7.22. The molecular formula is C14H18N4O3S2. The molecule has 1 aliphatic heterocycles. The lowest BCUT2D eigenvalue weighted by Gasteiger charge is -2.34. The van der Waals surface area contributed by atoms with Gasteiger partial charge in [-0.25, -0.2) is 13.1 Å². The molecule has 3 heterocycles. The summed E-state index contributed by atoms with van der Waals surface area (Å²) in [7, 11) is -1.83. The lowest BCUT2D eigenvalue weighted by atomic mass is 10.3. The summed E-state index contributed by atoms with van der Waals surface area (Å²) in [6.07, 6.45) is 1.63. The highest BCUT2D eigenvalue weighted by molar-refractivity contribution is 7.91. The molecule has 0 aliphatic carbocycles. The predicted molar refractivity (Wildman–Crippen MR) is 89.5 cm³/mol. The fourth-order valence-electron chi connectivity index (χ4n) is 2.56. The Balaban J connectivity index is 1.75. The van der Waals surface area contributed by atoms with Crippen LogP contribution < -0.4 is 10.5 Å². The van der Waals surface area contributed by atoms with Crippen LogP contribution in [0.3, 0.4) is 0 Å². The van der Waals surface area contributed by atoms with Crippen molar-refractivity contribution in [1.82, 2.24) is 14.1 Å². The molecule has 0 N–H and O–H groups in total. The van der Waals surface area contributed by atoms with Crippen molar-refractivity contribution in [1.29, 1.82) is 0 Å². The largest absolute Gasteiger partial charge is 0.367 e. The lowest BCUT2D eigenvalue weighted by molar-refractivity contribution is 0.385. The van der Waals surface area contributed by atoms with E-state index in [1.54, 1.807) is 18.6 Å². The maximum atomic E-state index is 12.7. The van der Waals surface area contributed by atoms with Crippen LogP contribution in [0.5, 0.6) is 0 Å². The van der Waals surface area contributed by atoms with Gasteiger partial charge in [0, 0.05) is 39.3 Å². The second kappa shape index (κ2) is 6.06. The first kappa shape index (κ1) is 16.2. The van der Waals surface area contributed by atoms with Crippen molar-refractivity contribution in [3.05, 3.63) is 39.6 Å². The Morgan fingerprint density at radius 2 is 1.91 bits per heavy atom. The molecule has 23 heavy (non-hydrogen) atoms. The minimum absolute atomic E-state index is 0.174. The number of aromatic nitrogens is 2. The predicted octanol–water partition coefficient (Wildman–Crippen LogP) is 0.661. The van der Waals surface area contributed by atoms with Gasteiger partial charge in [-0.15, -0.1) is 11.3 Å². The average Bonchev–Trinajstić information content (AvgIpc) is 2.97. The van der Waals surface area contributed by atoms with Gasteiger partial charge in [0.25, 0.3) is 15.6 Å². The number of anilines is 1. The van der Waals surface area contributed by atoms with E-state index in [4.69, 9.17) is 0 Å². The van der Waals surface area contributed by atoms with E-state index >= 15 is 0 Å². The SMILES string of the molecule is Cc1ccsc1S(=O)(=O)N1CCN(c2cnn(C)c(=O)c2)CC1. The molecule has 1 saturated heterocycles. The highest BCUT2D eigenvalue weighted by Gasteiger charge is 2.30. The van der Waals surface area contributed by atoms with E-state index in [1.807, 2.05) is 17.9 Å². The summed E-state index contributed by atoms with van der Waals surface area (Å²) in [5, 5.41) is 5.80. The Labute approximate surface area is 138 Å². The van der Waals surface area contributed by atoms with E-state index in [0.29, 0.717) is 30.4 Å². The van der Waals surface area contributed by atoms with Gasteiger partial charge in [-0.2, -0.15) is 9.40 Å². The molecule has 1 aliphatic rings. The third kappa shape index (κ3) is 3.04. The van der Waals surface area contributed by atoms with Gasteiger partial charge in [-0.1, -0.05) is 0 Å². The number of piperazine rings is 1. The quantitative estimate of drug-likeness (QED) is 0.809. The number of aryl methyl sites for hydroxylation is 2. The third-order valence-corrected chi connectivity index (χ3v) is 7.51. The molecule has 0 unspecified atom stereocenters. The average molecular weight is 354 g/mol. The van der Waals surface area contributed by atoms with Gasteiger partial charge in [0.2, 0.25) is 0 Å². The molecule has 124 valence electrons. The zero-order valence-electron chi connectivity index (χ0n) is 13.0. The Kier molecular flexibility index (Phi) is 4.26. The standard InChI is InChI=1S/C14H18N4O3S2/c1-11-3-8-22-14(11)23(20,21)18-6-4-17(5-7-18)12-9-13(19)16(2)15-10-12/h3,8-10H,4-7H2,1-2H3. The molecule has 0 atom stereocenters. The number of rotatable bonds is 3. The van der Waals surface area contributed by atoms with Gasteiger partial charge in [0.15, 0.2) is 0 Å². The summed E-state index contributed by atoms with van der Waals surface area (Å²) in [5.74, 6) is 0. The molecule has 0 aromatic carbocycles. The Bertz CT molecular complexity index is 864. The van der Waals surface area contributed by atoms with Crippen molar-refractivity contribution < 1.29 is 8.42 Å². The minimum atomic E-state index is -3.43. The van der Waals surface area contributed by atoms with E-state index in [1.165, 1.54) is 26.4 Å². The summed E-state index contributed by atoms with van der Waals surface area (Å²) in [6, 6.07) is 3.35. The van der Waals surface area contributed by atoms with E-state index in [9.17, 15) is 13.2 Å². The molecule has 9 heteroatoms. The second-order valence-electron chi connectivity index (χ2n) is 5.46. The fraction of sp³-hybridized carbons (Fsp3) is 0.429. The summed E-state index contributed by atoms with van der Waals surface area (Å²) in [4.78, 5) is 13.7. The number of hydrogen-bond acceptors (Lipinski definition) is 6. The van der Waals surface area contributed by atoms with Gasteiger partial charge >= 0.3 is 0 Å². The topological polar surface area (TPSA) is 75.5 Å². The molecule has 0 spiro atoms. The Morgan fingerprint density at radius 3 is 2.48 bits per heavy atom. The van der Waals surface area contributed by atoms with Crippen LogP contribution in [0.25, 0.3) is 0 Å². The third-order valence-electron chi connectivity index (χ3n) is 3.95. The van der Waals surface area contributed by atoms with Crippen LogP contribution in [0.1, 0.15) is 5.56 Å². The first-order chi connectivity index (χ1) is 10.9. The lowest BCUT2D eigenvalue weighted by Crippen LogP contribution is -2.49. The maximum absolute atomic E-state index is 12.7. The van der Waals surface area contributed by atoms with Crippen molar-refractivity contribution in [3.8, 4) is 0 Å². The molecule has 2 aromatic rings. The molecule has 1 fully saturated rings. The van der Waals surface area contributed by atoms with Gasteiger partial charge in [0.1, 0.15) is 4.21 Å². The zero-order chi connectivity index (χ0) is 16.6. The van der Waals surface area contributed by atoms with E-state index in [2.05, 4.69) is 5.10 Å². The van der Waals surface area contributed by atoms with Crippen LogP contribution in [0.4, 0.5) is 5.69 Å². The highest BCUT2D eigenvalue weighted by Crippen LogP contribution is 2.26. The van der Waals surface area contributed by atoms with Crippen LogP contribution in [0.2, 0.25) is 0 Å². The van der Waals surface area contributed by atoms with Gasteiger partial charge < -0.3 is 4.90 Å². The molecule has 0 bridgehead atoms. The number of sulfonamides is 1. The van der Waals surface area contributed by atoms with Crippen molar-refractivity contribution in [2.45, 2.75) is 11.1 Å². The van der Waals surface area contributed by atoms with Gasteiger partial charge in [-0.3, -0.25) is 4.79 Å². The number of hydrogen-bond donors (Lipinski definition) is 0. The van der Waals surface area contributed by atoms with Crippen LogP contribution >= 0.6 is 11.3 Å². The normalized spacial score (nSPS) is 16.7. The maximum Gasteiger partial charge on any atom is 0.268 e. The molecule has 7 nitrogen and oxygen atoms in total. The monoisotopic (exact) mass is 354 g/mol. The van der Waals surface area contributed by atoms with Crippen LogP contribution in [0.15, 0.2) is 32.7 Å². The van der Waals surface area contributed by atoms with Crippen LogP contribution in [-0.2, 0) is 17.1 Å². The highest BCUT2D eigenvalue weighted by atomic mass is 32.2. The van der Waals surface area contributed by atoms with E-state index in [0.717, 1.165) is 11.3 Å². The first-order valence-corrected chi connectivity index (χ1v) is 9.54. The van der Waals surface area contributed by atoms with E-state index in [-0.39, 0.29) is 5.56 Å². The van der Waals surface area contributed by atoms with E-state index < -0.39 is 10.0 Å². The molecule has 2 aromatic heterocycles. The van der Waals surface area contributed by atoms with Gasteiger partial charge in [0.05, 0.1) is 11.9 Å². The molecular weight excluding hydrogens is 336 g/mol. The number of nitrogens with zero attached hydrogens (tertiary/aromatic N) is 4. The molecule has 0 amide bonds. The van der Waals surface area contributed by atoms with Crippen molar-refractivity contribution in [3.63, 3.8) is 0 Å². The number of thiophene rings is 1. The summed E-state index contributed by atoms with van der Waals surface area (Å²) in [5.41, 5.74) is 1.34. The van der Waals surface area contributed by atoms with Crippen molar-refractivity contribution in [2.24, 2.45) is 7.05 Å². The second-order valence-corrected chi connectivity index (χ2v) is 8.51. The Morgan fingerprint density at radius 1 is 1.22 bits per heavy atom. The smallest absolute Gasteiger partial charge is 0.268 e. The van der Waals surface area contributed by atoms with Crippen LogP contribution in [0, 0.1) is 6.92 Å². The summed E-state index contributed by atoms with van der Waals surface area (Å²) < 4.78 is 28.5. The molecule has 0 radical (unpaired) electrons. The van der Waals surface area contributed by atoms with Crippen molar-refractivity contribution in [2.75, 3.05) is 31.1 Å².